The summed E-state index contributed by atoms with van der Waals surface area (Å²) in [5.74, 6) is 0.669. The molecule has 0 radical (unpaired) electrons. The molecule has 0 aromatic rings. The summed E-state index contributed by atoms with van der Waals surface area (Å²) in [7, 11) is 3.60. The lowest BCUT2D eigenvalue weighted by Crippen LogP contribution is -2.37. The van der Waals surface area contributed by atoms with Gasteiger partial charge in [0, 0.05) is 27.2 Å². The van der Waals surface area contributed by atoms with Crippen LogP contribution < -0.4 is 5.73 Å². The summed E-state index contributed by atoms with van der Waals surface area (Å²) in [6, 6.07) is 0.139. The molecule has 1 fully saturated rings. The maximum Gasteiger partial charge on any atom is 0.319 e. The van der Waals surface area contributed by atoms with Crippen molar-refractivity contribution in [3.05, 3.63) is 0 Å². The van der Waals surface area contributed by atoms with E-state index >= 15 is 0 Å². The molecule has 1 rings (SSSR count). The van der Waals surface area contributed by atoms with E-state index in [1.165, 1.54) is 0 Å². The molecule has 0 aromatic heterocycles. The average molecular weight is 199 g/mol. The lowest BCUT2D eigenvalue weighted by atomic mass is 10.0. The number of hydrogen-bond donors (Lipinski definition) is 1. The number of urea groups is 1. The fraction of sp³-hybridized carbons (Fsp3) is 0.900. The summed E-state index contributed by atoms with van der Waals surface area (Å²) in [4.78, 5) is 15.2. The molecule has 0 spiro atoms. The van der Waals surface area contributed by atoms with Gasteiger partial charge in [0.2, 0.25) is 0 Å². The first kappa shape index (κ1) is 11.3. The molecule has 0 aromatic carbocycles. The van der Waals surface area contributed by atoms with E-state index in [-0.39, 0.29) is 6.03 Å². The van der Waals surface area contributed by atoms with Gasteiger partial charge in [-0.3, -0.25) is 0 Å². The van der Waals surface area contributed by atoms with E-state index in [0.717, 1.165) is 38.9 Å². The minimum Gasteiger partial charge on any atom is -0.331 e. The number of nitrogens with zero attached hydrogens (tertiary/aromatic N) is 2. The van der Waals surface area contributed by atoms with Crippen LogP contribution in [-0.2, 0) is 0 Å². The highest BCUT2D eigenvalue weighted by Gasteiger charge is 2.26. The highest BCUT2D eigenvalue weighted by molar-refractivity contribution is 5.74. The van der Waals surface area contributed by atoms with Gasteiger partial charge in [0.05, 0.1) is 0 Å². The van der Waals surface area contributed by atoms with Crippen LogP contribution in [0, 0.1) is 5.92 Å². The number of likely N-dealkylation sites (tertiary alicyclic amines) is 1. The van der Waals surface area contributed by atoms with E-state index in [0.29, 0.717) is 5.92 Å². The van der Waals surface area contributed by atoms with Gasteiger partial charge in [-0.05, 0) is 31.7 Å². The van der Waals surface area contributed by atoms with Crippen molar-refractivity contribution in [1.29, 1.82) is 0 Å². The maximum absolute atomic E-state index is 11.6. The minimum atomic E-state index is 0.139. The van der Waals surface area contributed by atoms with Crippen molar-refractivity contribution in [3.8, 4) is 0 Å². The minimum absolute atomic E-state index is 0.139. The van der Waals surface area contributed by atoms with Gasteiger partial charge in [0.15, 0.2) is 0 Å². The van der Waals surface area contributed by atoms with Gasteiger partial charge in [-0.15, -0.1) is 0 Å². The molecule has 1 saturated heterocycles. The van der Waals surface area contributed by atoms with Gasteiger partial charge in [0.1, 0.15) is 0 Å². The van der Waals surface area contributed by atoms with E-state index in [2.05, 4.69) is 0 Å². The molecule has 0 aliphatic carbocycles. The Morgan fingerprint density at radius 2 is 2.29 bits per heavy atom. The third kappa shape index (κ3) is 2.87. The van der Waals surface area contributed by atoms with Gasteiger partial charge >= 0.3 is 6.03 Å². The van der Waals surface area contributed by atoms with Crippen LogP contribution in [0.1, 0.15) is 19.3 Å². The molecule has 1 aliphatic rings. The van der Waals surface area contributed by atoms with Crippen LogP contribution in [0.4, 0.5) is 4.79 Å². The molecule has 2 amide bonds. The molecule has 0 bridgehead atoms. The van der Waals surface area contributed by atoms with Gasteiger partial charge in [-0.2, -0.15) is 0 Å². The zero-order valence-corrected chi connectivity index (χ0v) is 9.20. The summed E-state index contributed by atoms with van der Waals surface area (Å²) in [6.07, 6.45) is 3.38. The Hall–Kier alpha value is -0.770. The second-order valence-electron chi connectivity index (χ2n) is 4.21. The van der Waals surface area contributed by atoms with E-state index in [1.807, 2.05) is 4.90 Å². The van der Waals surface area contributed by atoms with Crippen molar-refractivity contribution in [1.82, 2.24) is 9.80 Å². The first-order valence-electron chi connectivity index (χ1n) is 5.31. The molecule has 4 nitrogen and oxygen atoms in total. The average Bonchev–Trinajstić information content (AvgIpc) is 2.61. The number of carbonyl (C=O) groups is 1. The largest absolute Gasteiger partial charge is 0.331 e. The Balaban J connectivity index is 2.30. The van der Waals surface area contributed by atoms with Gasteiger partial charge in [-0.1, -0.05) is 0 Å². The second-order valence-corrected chi connectivity index (χ2v) is 4.21. The quantitative estimate of drug-likeness (QED) is 0.728. The fourth-order valence-electron chi connectivity index (χ4n) is 1.93. The van der Waals surface area contributed by atoms with Gasteiger partial charge in [0.25, 0.3) is 0 Å². The summed E-state index contributed by atoms with van der Waals surface area (Å²) in [5.41, 5.74) is 5.46. The Morgan fingerprint density at radius 3 is 2.86 bits per heavy atom. The Labute approximate surface area is 86.0 Å². The van der Waals surface area contributed by atoms with Crippen molar-refractivity contribution in [2.24, 2.45) is 11.7 Å². The summed E-state index contributed by atoms with van der Waals surface area (Å²) >= 11 is 0. The summed E-state index contributed by atoms with van der Waals surface area (Å²) < 4.78 is 0. The fourth-order valence-corrected chi connectivity index (χ4v) is 1.93. The molecule has 0 saturated carbocycles. The van der Waals surface area contributed by atoms with Crippen LogP contribution in [0.3, 0.4) is 0 Å². The zero-order valence-electron chi connectivity index (χ0n) is 9.20. The van der Waals surface area contributed by atoms with Gasteiger partial charge < -0.3 is 15.5 Å². The second kappa shape index (κ2) is 5.20. The first-order valence-corrected chi connectivity index (χ1v) is 5.31. The van der Waals surface area contributed by atoms with Crippen LogP contribution in [0.5, 0.6) is 0 Å². The topological polar surface area (TPSA) is 49.6 Å². The smallest absolute Gasteiger partial charge is 0.319 e. The summed E-state index contributed by atoms with van der Waals surface area (Å²) in [6.45, 7) is 2.58. The lowest BCUT2D eigenvalue weighted by Gasteiger charge is -2.21. The van der Waals surface area contributed by atoms with E-state index < -0.39 is 0 Å². The number of nitrogens with two attached hydrogens (primary N) is 1. The number of rotatable bonds is 3. The number of hydrogen-bond acceptors (Lipinski definition) is 2. The third-order valence-electron chi connectivity index (χ3n) is 2.76. The standard InChI is InChI=1S/C10H21N3O/c1-12(2)10(14)13-7-5-9(8-13)4-3-6-11/h9H,3-8,11H2,1-2H3. The van der Waals surface area contributed by atoms with Crippen molar-refractivity contribution in [2.45, 2.75) is 19.3 Å². The normalized spacial score (nSPS) is 21.4. The number of amides is 2. The zero-order chi connectivity index (χ0) is 10.6. The molecule has 1 unspecified atom stereocenters. The van der Waals surface area contributed by atoms with Crippen LogP contribution >= 0.6 is 0 Å². The Bertz CT molecular complexity index is 194. The molecular formula is C10H21N3O. The van der Waals surface area contributed by atoms with Crippen LogP contribution in [0.15, 0.2) is 0 Å². The third-order valence-corrected chi connectivity index (χ3v) is 2.76. The SMILES string of the molecule is CN(C)C(=O)N1CCC(CCCN)C1. The number of carbonyl (C=O) groups excluding carboxylic acids is 1. The Morgan fingerprint density at radius 1 is 1.57 bits per heavy atom. The first-order chi connectivity index (χ1) is 6.65. The highest BCUT2D eigenvalue weighted by Crippen LogP contribution is 2.21. The highest BCUT2D eigenvalue weighted by atomic mass is 16.2. The van der Waals surface area contributed by atoms with Crippen LogP contribution in [0.25, 0.3) is 0 Å². The van der Waals surface area contributed by atoms with Crippen molar-refractivity contribution in [2.75, 3.05) is 33.7 Å². The molecule has 4 heteroatoms. The molecule has 14 heavy (non-hydrogen) atoms. The Kier molecular flexibility index (Phi) is 4.20. The monoisotopic (exact) mass is 199 g/mol. The van der Waals surface area contributed by atoms with Gasteiger partial charge in [-0.25, -0.2) is 4.79 Å². The molecular weight excluding hydrogens is 178 g/mol. The lowest BCUT2D eigenvalue weighted by molar-refractivity contribution is 0.180. The van der Waals surface area contributed by atoms with Crippen molar-refractivity contribution < 1.29 is 4.79 Å². The van der Waals surface area contributed by atoms with Crippen LogP contribution in [0.2, 0.25) is 0 Å². The predicted molar refractivity (Wildman–Crippen MR) is 57.1 cm³/mol. The molecule has 1 atom stereocenters. The van der Waals surface area contributed by atoms with Crippen molar-refractivity contribution in [3.63, 3.8) is 0 Å². The maximum atomic E-state index is 11.6. The molecule has 1 heterocycles. The van der Waals surface area contributed by atoms with E-state index in [9.17, 15) is 4.79 Å². The van der Waals surface area contributed by atoms with Crippen LogP contribution in [-0.4, -0.2) is 49.6 Å². The van der Waals surface area contributed by atoms with E-state index in [4.69, 9.17) is 5.73 Å². The van der Waals surface area contributed by atoms with E-state index in [1.54, 1.807) is 19.0 Å². The predicted octanol–water partition coefficient (Wildman–Crippen LogP) is 0.729. The molecule has 82 valence electrons. The molecule has 1 aliphatic heterocycles. The van der Waals surface area contributed by atoms with Crippen molar-refractivity contribution >= 4 is 6.03 Å². The summed E-state index contributed by atoms with van der Waals surface area (Å²) in [5, 5.41) is 0. The molecule has 2 N–H and O–H groups in total.